The van der Waals surface area contributed by atoms with Crippen molar-refractivity contribution in [1.29, 1.82) is 0 Å². The van der Waals surface area contributed by atoms with Crippen LogP contribution >= 0.6 is 0 Å². The molecule has 2 aromatic rings. The average molecular weight is 229 g/mol. The number of urea groups is 1. The molecule has 0 aliphatic rings. The van der Waals surface area contributed by atoms with E-state index < -0.39 is 0 Å². The van der Waals surface area contributed by atoms with Gasteiger partial charge in [-0.1, -0.05) is 0 Å². The van der Waals surface area contributed by atoms with Crippen LogP contribution in [0.15, 0.2) is 48.8 Å². The van der Waals surface area contributed by atoms with Crippen LogP contribution in [0, 0.1) is 0 Å². The first-order valence-electron chi connectivity index (χ1n) is 5.01. The number of aromatic nitrogens is 1. The summed E-state index contributed by atoms with van der Waals surface area (Å²) in [7, 11) is 0. The maximum Gasteiger partial charge on any atom is 0.323 e. The van der Waals surface area contributed by atoms with Crippen LogP contribution in [0.5, 0.6) is 5.75 Å². The van der Waals surface area contributed by atoms with Crippen molar-refractivity contribution in [3.05, 3.63) is 48.8 Å². The van der Waals surface area contributed by atoms with Gasteiger partial charge in [0.05, 0.1) is 0 Å². The number of phenolic OH excluding ortho intramolecular Hbond substituents is 1. The summed E-state index contributed by atoms with van der Waals surface area (Å²) in [5, 5.41) is 14.4. The molecule has 2 rings (SSSR count). The Balaban J connectivity index is 1.96. The first-order chi connectivity index (χ1) is 8.24. The molecule has 0 saturated carbocycles. The lowest BCUT2D eigenvalue weighted by atomic mass is 10.3. The largest absolute Gasteiger partial charge is 0.508 e. The van der Waals surface area contributed by atoms with E-state index in [1.165, 1.54) is 12.1 Å². The zero-order chi connectivity index (χ0) is 12.1. The van der Waals surface area contributed by atoms with Gasteiger partial charge in [0, 0.05) is 23.8 Å². The molecular formula is C12H11N3O2. The molecule has 1 aromatic carbocycles. The molecule has 0 saturated heterocycles. The monoisotopic (exact) mass is 229 g/mol. The van der Waals surface area contributed by atoms with E-state index in [2.05, 4.69) is 15.6 Å². The second-order valence-electron chi connectivity index (χ2n) is 3.36. The Morgan fingerprint density at radius 1 is 0.941 bits per heavy atom. The van der Waals surface area contributed by atoms with E-state index in [0.29, 0.717) is 11.4 Å². The fraction of sp³-hybridized carbons (Fsp3) is 0. The smallest absolute Gasteiger partial charge is 0.323 e. The van der Waals surface area contributed by atoms with E-state index >= 15 is 0 Å². The first-order valence-corrected chi connectivity index (χ1v) is 5.01. The van der Waals surface area contributed by atoms with Crippen molar-refractivity contribution in [3.63, 3.8) is 0 Å². The molecule has 0 aliphatic heterocycles. The lowest BCUT2D eigenvalue weighted by Crippen LogP contribution is -2.19. The van der Waals surface area contributed by atoms with Gasteiger partial charge in [-0.25, -0.2) is 4.79 Å². The third kappa shape index (κ3) is 3.20. The number of carbonyl (C=O) groups excluding carboxylic acids is 1. The molecule has 2 amide bonds. The fourth-order valence-electron chi connectivity index (χ4n) is 1.27. The van der Waals surface area contributed by atoms with Gasteiger partial charge < -0.3 is 15.7 Å². The number of carbonyl (C=O) groups is 1. The van der Waals surface area contributed by atoms with E-state index in [0.717, 1.165) is 0 Å². The van der Waals surface area contributed by atoms with Gasteiger partial charge in [0.2, 0.25) is 0 Å². The molecule has 0 aliphatic carbocycles. The molecule has 5 nitrogen and oxygen atoms in total. The predicted octanol–water partition coefficient (Wildman–Crippen LogP) is 2.43. The summed E-state index contributed by atoms with van der Waals surface area (Å²) in [6.07, 6.45) is 3.19. The Kier molecular flexibility index (Phi) is 3.20. The number of nitrogens with zero attached hydrogens (tertiary/aromatic N) is 1. The van der Waals surface area contributed by atoms with Crippen molar-refractivity contribution in [1.82, 2.24) is 4.98 Å². The normalized spacial score (nSPS) is 9.65. The topological polar surface area (TPSA) is 74.2 Å². The van der Waals surface area contributed by atoms with E-state index in [-0.39, 0.29) is 11.8 Å². The van der Waals surface area contributed by atoms with Gasteiger partial charge in [-0.15, -0.1) is 0 Å². The number of rotatable bonds is 2. The van der Waals surface area contributed by atoms with E-state index in [4.69, 9.17) is 5.11 Å². The third-order valence-electron chi connectivity index (χ3n) is 2.06. The van der Waals surface area contributed by atoms with Gasteiger partial charge in [0.1, 0.15) is 5.75 Å². The highest BCUT2D eigenvalue weighted by atomic mass is 16.3. The molecule has 0 spiro atoms. The minimum Gasteiger partial charge on any atom is -0.508 e. The highest BCUT2D eigenvalue weighted by Gasteiger charge is 2.01. The first kappa shape index (κ1) is 10.9. The SMILES string of the molecule is O=C(Nc1ccncc1)Nc1ccc(O)cc1. The Morgan fingerprint density at radius 3 is 2.06 bits per heavy atom. The second kappa shape index (κ2) is 4.98. The van der Waals surface area contributed by atoms with Crippen molar-refractivity contribution in [2.24, 2.45) is 0 Å². The van der Waals surface area contributed by atoms with Gasteiger partial charge >= 0.3 is 6.03 Å². The van der Waals surface area contributed by atoms with Crippen LogP contribution in [0.2, 0.25) is 0 Å². The third-order valence-corrected chi connectivity index (χ3v) is 2.06. The number of pyridine rings is 1. The van der Waals surface area contributed by atoms with E-state index in [1.807, 2.05) is 0 Å². The molecule has 17 heavy (non-hydrogen) atoms. The molecule has 3 N–H and O–H groups in total. The van der Waals surface area contributed by atoms with Crippen LogP contribution in [-0.2, 0) is 0 Å². The van der Waals surface area contributed by atoms with Crippen molar-refractivity contribution in [2.45, 2.75) is 0 Å². The number of aromatic hydroxyl groups is 1. The highest BCUT2D eigenvalue weighted by molar-refractivity contribution is 5.99. The number of amides is 2. The Labute approximate surface area is 98.1 Å². The lowest BCUT2D eigenvalue weighted by molar-refractivity contribution is 0.262. The zero-order valence-corrected chi connectivity index (χ0v) is 8.92. The van der Waals surface area contributed by atoms with Crippen LogP contribution in [0.4, 0.5) is 16.2 Å². The Hall–Kier alpha value is -2.56. The molecule has 0 fully saturated rings. The maximum absolute atomic E-state index is 11.6. The van der Waals surface area contributed by atoms with Crippen LogP contribution in [0.25, 0.3) is 0 Å². The average Bonchev–Trinajstić information content (AvgIpc) is 2.33. The lowest BCUT2D eigenvalue weighted by Gasteiger charge is -2.07. The molecule has 86 valence electrons. The van der Waals surface area contributed by atoms with Crippen LogP contribution in [-0.4, -0.2) is 16.1 Å². The van der Waals surface area contributed by atoms with E-state index in [9.17, 15) is 4.79 Å². The van der Waals surface area contributed by atoms with Gasteiger partial charge in [-0.05, 0) is 36.4 Å². The summed E-state index contributed by atoms with van der Waals surface area (Å²) >= 11 is 0. The summed E-state index contributed by atoms with van der Waals surface area (Å²) in [6.45, 7) is 0. The number of benzene rings is 1. The van der Waals surface area contributed by atoms with E-state index in [1.54, 1.807) is 36.7 Å². The molecular weight excluding hydrogens is 218 g/mol. The van der Waals surface area contributed by atoms with Gasteiger partial charge in [-0.2, -0.15) is 0 Å². The summed E-state index contributed by atoms with van der Waals surface area (Å²) in [5.41, 5.74) is 1.27. The molecule has 0 bridgehead atoms. The van der Waals surface area contributed by atoms with Gasteiger partial charge in [0.15, 0.2) is 0 Å². The highest BCUT2D eigenvalue weighted by Crippen LogP contribution is 2.14. The maximum atomic E-state index is 11.6. The van der Waals surface area contributed by atoms with Crippen molar-refractivity contribution < 1.29 is 9.90 Å². The Bertz CT molecular complexity index is 497. The van der Waals surface area contributed by atoms with Crippen LogP contribution < -0.4 is 10.6 Å². The van der Waals surface area contributed by atoms with Gasteiger partial charge in [-0.3, -0.25) is 4.98 Å². The summed E-state index contributed by atoms with van der Waals surface area (Å²) in [6, 6.07) is 9.27. The molecule has 0 atom stereocenters. The van der Waals surface area contributed by atoms with Gasteiger partial charge in [0.25, 0.3) is 0 Å². The summed E-state index contributed by atoms with van der Waals surface area (Å²) in [5.74, 6) is 0.157. The molecule has 1 aromatic heterocycles. The summed E-state index contributed by atoms with van der Waals surface area (Å²) in [4.78, 5) is 15.4. The van der Waals surface area contributed by atoms with Crippen LogP contribution in [0.3, 0.4) is 0 Å². The fourth-order valence-corrected chi connectivity index (χ4v) is 1.27. The predicted molar refractivity (Wildman–Crippen MR) is 65.0 cm³/mol. The number of hydrogen-bond donors (Lipinski definition) is 3. The number of phenols is 1. The minimum absolute atomic E-state index is 0.157. The van der Waals surface area contributed by atoms with Crippen LogP contribution in [0.1, 0.15) is 0 Å². The van der Waals surface area contributed by atoms with Crippen molar-refractivity contribution >= 4 is 17.4 Å². The Morgan fingerprint density at radius 2 is 1.47 bits per heavy atom. The molecule has 0 radical (unpaired) electrons. The van der Waals surface area contributed by atoms with Crippen molar-refractivity contribution in [3.8, 4) is 5.75 Å². The number of nitrogens with one attached hydrogen (secondary N) is 2. The molecule has 0 unspecified atom stereocenters. The minimum atomic E-state index is -0.345. The quantitative estimate of drug-likeness (QED) is 0.692. The molecule has 5 heteroatoms. The second-order valence-corrected chi connectivity index (χ2v) is 3.36. The molecule has 1 heterocycles. The zero-order valence-electron chi connectivity index (χ0n) is 8.92. The number of anilines is 2. The summed E-state index contributed by atoms with van der Waals surface area (Å²) < 4.78 is 0. The standard InChI is InChI=1S/C12H11N3O2/c16-11-3-1-9(2-4-11)14-12(17)15-10-5-7-13-8-6-10/h1-8,16H,(H2,13,14,15,17). The number of hydrogen-bond acceptors (Lipinski definition) is 3. The van der Waals surface area contributed by atoms with Crippen molar-refractivity contribution in [2.75, 3.05) is 10.6 Å².